The van der Waals surface area contributed by atoms with Gasteiger partial charge in [0, 0.05) is 17.1 Å². The Morgan fingerprint density at radius 1 is 0.952 bits per heavy atom. The fraction of sp³-hybridized carbons (Fsp3) is 0.375. The van der Waals surface area contributed by atoms with Gasteiger partial charge >= 0.3 is 0 Å². The molecule has 0 heterocycles. The molecule has 1 saturated carbocycles. The molecule has 3 aromatic carbocycles. The van der Waals surface area contributed by atoms with Crippen molar-refractivity contribution in [3.8, 4) is 5.75 Å². The van der Waals surface area contributed by atoms with E-state index in [-0.39, 0.29) is 23.4 Å². The van der Waals surface area contributed by atoms with Gasteiger partial charge in [0.15, 0.2) is 0 Å². The minimum Gasteiger partial charge on any atom is -0.497 e. The van der Waals surface area contributed by atoms with Crippen LogP contribution in [0.2, 0.25) is 0 Å². The first-order valence-corrected chi connectivity index (χ1v) is 16.4. The van der Waals surface area contributed by atoms with Crippen molar-refractivity contribution >= 4 is 43.5 Å². The molecule has 224 valence electrons. The summed E-state index contributed by atoms with van der Waals surface area (Å²) in [5.41, 5.74) is 2.05. The van der Waals surface area contributed by atoms with E-state index in [0.29, 0.717) is 11.4 Å². The molecule has 2 amide bonds. The second-order valence-electron chi connectivity index (χ2n) is 10.7. The van der Waals surface area contributed by atoms with Crippen molar-refractivity contribution < 1.29 is 22.7 Å². The van der Waals surface area contributed by atoms with E-state index in [2.05, 4.69) is 21.2 Å². The number of hydrogen-bond acceptors (Lipinski definition) is 5. The molecule has 10 heteroatoms. The largest absolute Gasteiger partial charge is 0.497 e. The van der Waals surface area contributed by atoms with Crippen molar-refractivity contribution in [2.75, 3.05) is 18.0 Å². The molecule has 1 aliphatic rings. The highest BCUT2D eigenvalue weighted by Crippen LogP contribution is 2.27. The maximum atomic E-state index is 14.1. The monoisotopic (exact) mass is 655 g/mol. The molecule has 0 spiro atoms. The number of halogens is 1. The molecular weight excluding hydrogens is 618 g/mol. The topological polar surface area (TPSA) is 96.0 Å². The Morgan fingerprint density at radius 2 is 1.57 bits per heavy atom. The van der Waals surface area contributed by atoms with Gasteiger partial charge in [0.2, 0.25) is 11.8 Å². The van der Waals surface area contributed by atoms with Crippen LogP contribution in [0.15, 0.2) is 82.2 Å². The minimum atomic E-state index is -4.13. The third-order valence-electron chi connectivity index (χ3n) is 7.63. The molecule has 0 aliphatic heterocycles. The second-order valence-corrected chi connectivity index (χ2v) is 13.5. The number of nitrogens with zero attached hydrogens (tertiary/aromatic N) is 2. The highest BCUT2D eigenvalue weighted by atomic mass is 79.9. The zero-order valence-electron chi connectivity index (χ0n) is 24.3. The number of carbonyl (C=O) groups excluding carboxylic acids is 2. The van der Waals surface area contributed by atoms with Crippen LogP contribution in [-0.4, -0.2) is 50.9 Å². The molecule has 3 aromatic rings. The van der Waals surface area contributed by atoms with E-state index in [0.717, 1.165) is 52.0 Å². The Kier molecular flexibility index (Phi) is 10.7. The van der Waals surface area contributed by atoms with Crippen LogP contribution in [0.5, 0.6) is 5.75 Å². The molecule has 1 fully saturated rings. The Hall–Kier alpha value is -3.37. The summed E-state index contributed by atoms with van der Waals surface area (Å²) in [6.07, 6.45) is 5.12. The van der Waals surface area contributed by atoms with Crippen LogP contribution < -0.4 is 14.4 Å². The maximum absolute atomic E-state index is 14.1. The molecule has 0 aromatic heterocycles. The number of methoxy groups -OCH3 is 1. The van der Waals surface area contributed by atoms with Crippen LogP contribution in [0.25, 0.3) is 0 Å². The average molecular weight is 657 g/mol. The summed E-state index contributed by atoms with van der Waals surface area (Å²) in [6, 6.07) is 19.8. The third-order valence-corrected chi connectivity index (χ3v) is 9.95. The summed E-state index contributed by atoms with van der Waals surface area (Å²) in [5, 5.41) is 3.12. The predicted octanol–water partition coefficient (Wildman–Crippen LogP) is 5.83. The molecule has 0 saturated heterocycles. The Labute approximate surface area is 257 Å². The van der Waals surface area contributed by atoms with E-state index < -0.39 is 28.5 Å². The van der Waals surface area contributed by atoms with Crippen molar-refractivity contribution in [1.29, 1.82) is 0 Å². The van der Waals surface area contributed by atoms with Crippen LogP contribution in [0.3, 0.4) is 0 Å². The number of benzene rings is 3. The van der Waals surface area contributed by atoms with Crippen molar-refractivity contribution in [2.45, 2.75) is 69.5 Å². The molecule has 1 N–H and O–H groups in total. The van der Waals surface area contributed by atoms with Crippen molar-refractivity contribution in [1.82, 2.24) is 10.2 Å². The molecule has 1 unspecified atom stereocenters. The number of hydrogen-bond donors (Lipinski definition) is 1. The van der Waals surface area contributed by atoms with Crippen LogP contribution in [0, 0.1) is 6.92 Å². The predicted molar refractivity (Wildman–Crippen MR) is 168 cm³/mol. The number of carbonyl (C=O) groups is 2. The lowest BCUT2D eigenvalue weighted by molar-refractivity contribution is -0.139. The van der Waals surface area contributed by atoms with Gasteiger partial charge in [-0.05, 0) is 80.8 Å². The number of aryl methyl sites for hydroxylation is 1. The Balaban J connectivity index is 1.67. The van der Waals surface area contributed by atoms with E-state index in [9.17, 15) is 18.0 Å². The van der Waals surface area contributed by atoms with E-state index in [1.807, 2.05) is 31.2 Å². The summed E-state index contributed by atoms with van der Waals surface area (Å²) >= 11 is 3.44. The van der Waals surface area contributed by atoms with Crippen LogP contribution in [0.1, 0.15) is 50.2 Å². The minimum absolute atomic E-state index is 0.0688. The lowest BCUT2D eigenvalue weighted by atomic mass is 9.95. The van der Waals surface area contributed by atoms with Gasteiger partial charge in [-0.1, -0.05) is 65.0 Å². The van der Waals surface area contributed by atoms with E-state index in [1.165, 1.54) is 24.1 Å². The van der Waals surface area contributed by atoms with Gasteiger partial charge < -0.3 is 15.0 Å². The summed E-state index contributed by atoms with van der Waals surface area (Å²) in [4.78, 5) is 29.0. The van der Waals surface area contributed by atoms with Gasteiger partial charge in [-0.3, -0.25) is 13.9 Å². The van der Waals surface area contributed by atoms with Crippen LogP contribution in [-0.2, 0) is 26.2 Å². The first-order valence-electron chi connectivity index (χ1n) is 14.2. The van der Waals surface area contributed by atoms with Crippen molar-refractivity contribution in [2.24, 2.45) is 0 Å². The second kappa shape index (κ2) is 14.2. The van der Waals surface area contributed by atoms with Gasteiger partial charge in [0.25, 0.3) is 10.0 Å². The molecular formula is C32H38BrN3O5S. The molecule has 42 heavy (non-hydrogen) atoms. The zero-order valence-corrected chi connectivity index (χ0v) is 26.7. The third kappa shape index (κ3) is 7.92. The van der Waals surface area contributed by atoms with E-state index in [4.69, 9.17) is 4.74 Å². The molecule has 4 rings (SSSR count). The maximum Gasteiger partial charge on any atom is 0.264 e. The van der Waals surface area contributed by atoms with Gasteiger partial charge in [0.05, 0.1) is 17.7 Å². The molecule has 8 nitrogen and oxygen atoms in total. The van der Waals surface area contributed by atoms with Gasteiger partial charge in [-0.25, -0.2) is 8.42 Å². The van der Waals surface area contributed by atoms with Gasteiger partial charge in [-0.2, -0.15) is 0 Å². The normalized spacial score (nSPS) is 14.6. The first kappa shape index (κ1) is 31.6. The number of amides is 2. The molecule has 0 radical (unpaired) electrons. The smallest absolute Gasteiger partial charge is 0.264 e. The number of anilines is 1. The number of ether oxygens (including phenoxy) is 1. The van der Waals surface area contributed by atoms with Crippen LogP contribution >= 0.6 is 15.9 Å². The van der Waals surface area contributed by atoms with Crippen LogP contribution in [0.4, 0.5) is 5.69 Å². The first-order chi connectivity index (χ1) is 20.1. The summed E-state index contributed by atoms with van der Waals surface area (Å²) in [5.74, 6) is -0.178. The highest BCUT2D eigenvalue weighted by Gasteiger charge is 2.33. The zero-order chi connectivity index (χ0) is 30.3. The molecule has 1 atom stereocenters. The molecule has 0 bridgehead atoms. The van der Waals surface area contributed by atoms with Crippen molar-refractivity contribution in [3.63, 3.8) is 0 Å². The summed E-state index contributed by atoms with van der Waals surface area (Å²) in [6.45, 7) is 3.23. The van der Waals surface area contributed by atoms with Gasteiger partial charge in [0.1, 0.15) is 18.3 Å². The van der Waals surface area contributed by atoms with E-state index in [1.54, 1.807) is 43.3 Å². The fourth-order valence-corrected chi connectivity index (χ4v) is 6.73. The number of sulfonamides is 1. The Bertz CT molecular complexity index is 1460. The summed E-state index contributed by atoms with van der Waals surface area (Å²) < 4.78 is 35.2. The van der Waals surface area contributed by atoms with Crippen molar-refractivity contribution in [3.05, 3.63) is 88.4 Å². The molecule has 1 aliphatic carbocycles. The summed E-state index contributed by atoms with van der Waals surface area (Å²) in [7, 11) is -2.60. The Morgan fingerprint density at radius 3 is 2.17 bits per heavy atom. The SMILES string of the molecule is COc1ccc(N(CC(=O)N(Cc2ccc(Br)cc2)C(C)C(=O)NC2CCCCC2)S(=O)(=O)c2ccc(C)cc2)cc1. The highest BCUT2D eigenvalue weighted by molar-refractivity contribution is 9.10. The lowest BCUT2D eigenvalue weighted by Gasteiger charge is -2.33. The average Bonchev–Trinajstić information content (AvgIpc) is 3.00. The number of rotatable bonds is 11. The standard InChI is InChI=1S/C32H38BrN3O5S/c1-23-9-19-30(20-10-23)42(39,40)36(28-15-17-29(41-3)18-16-28)22-31(37)35(21-25-11-13-26(33)14-12-25)24(2)32(38)34-27-7-5-4-6-8-27/h9-20,24,27H,4-8,21-22H2,1-3H3,(H,34,38). The number of nitrogens with one attached hydrogen (secondary N) is 1. The van der Waals surface area contributed by atoms with E-state index >= 15 is 0 Å². The fourth-order valence-electron chi connectivity index (χ4n) is 5.05. The quantitative estimate of drug-likeness (QED) is 0.281. The van der Waals surface area contributed by atoms with Gasteiger partial charge in [-0.15, -0.1) is 0 Å². The lowest BCUT2D eigenvalue weighted by Crippen LogP contribution is -2.53.